The van der Waals surface area contributed by atoms with Crippen molar-refractivity contribution in [1.82, 2.24) is 0 Å². The summed E-state index contributed by atoms with van der Waals surface area (Å²) in [6.07, 6.45) is -0.813. The molecular formula is C11H18N2O8. The molecular weight excluding hydrogens is 288 g/mol. The van der Waals surface area contributed by atoms with Crippen molar-refractivity contribution in [3.63, 3.8) is 0 Å². The van der Waals surface area contributed by atoms with Gasteiger partial charge in [-0.15, -0.1) is 0 Å². The first-order valence-electron chi connectivity index (χ1n) is 6.02. The average Bonchev–Trinajstić information content (AvgIpc) is 2.41. The van der Waals surface area contributed by atoms with Crippen molar-refractivity contribution in [2.45, 2.75) is 37.8 Å². The van der Waals surface area contributed by atoms with E-state index in [-0.39, 0.29) is 25.7 Å². The van der Waals surface area contributed by atoms with Crippen LogP contribution in [0.15, 0.2) is 0 Å². The van der Waals surface area contributed by atoms with E-state index in [0.29, 0.717) is 0 Å². The van der Waals surface area contributed by atoms with E-state index >= 15 is 0 Å². The summed E-state index contributed by atoms with van der Waals surface area (Å²) in [7, 11) is 0. The number of ether oxygens (including phenoxy) is 2. The predicted octanol–water partition coefficient (Wildman–Crippen LogP) is -1.59. The molecule has 0 radical (unpaired) electrons. The van der Waals surface area contributed by atoms with Gasteiger partial charge in [-0.1, -0.05) is 0 Å². The summed E-state index contributed by atoms with van der Waals surface area (Å²) in [6.45, 7) is -0.723. The van der Waals surface area contributed by atoms with Gasteiger partial charge in [-0.2, -0.15) is 0 Å². The van der Waals surface area contributed by atoms with E-state index in [1.807, 2.05) is 0 Å². The fourth-order valence-corrected chi connectivity index (χ4v) is 1.15. The Labute approximate surface area is 120 Å². The third-order valence-corrected chi connectivity index (χ3v) is 2.35. The van der Waals surface area contributed by atoms with Crippen LogP contribution in [0.3, 0.4) is 0 Å². The molecule has 21 heavy (non-hydrogen) atoms. The Morgan fingerprint density at radius 1 is 0.810 bits per heavy atom. The summed E-state index contributed by atoms with van der Waals surface area (Å²) in [5.74, 6) is -4.03. The maximum absolute atomic E-state index is 11.3. The highest BCUT2D eigenvalue weighted by Gasteiger charge is 2.19. The van der Waals surface area contributed by atoms with Crippen molar-refractivity contribution in [3.8, 4) is 0 Å². The smallest absolute Gasteiger partial charge is 0.325 e. The fourth-order valence-electron chi connectivity index (χ4n) is 1.15. The minimum Gasteiger partial charge on any atom is -0.481 e. The molecule has 10 heteroatoms. The Hall–Kier alpha value is -2.20. The quantitative estimate of drug-likeness (QED) is 0.271. The van der Waals surface area contributed by atoms with Crippen LogP contribution >= 0.6 is 0 Å². The predicted molar refractivity (Wildman–Crippen MR) is 66.7 cm³/mol. The van der Waals surface area contributed by atoms with E-state index in [9.17, 15) is 19.2 Å². The fraction of sp³-hybridized carbons (Fsp3) is 0.636. The molecule has 6 N–H and O–H groups in total. The summed E-state index contributed by atoms with van der Waals surface area (Å²) in [6, 6.07) is -2.28. The largest absolute Gasteiger partial charge is 0.481 e. The SMILES string of the molecule is NC(CCC(=O)O)C(=O)OCOC(=O)C(N)CCC(=O)O. The number of hydrogen-bond donors (Lipinski definition) is 4. The molecule has 0 aromatic carbocycles. The van der Waals surface area contributed by atoms with Crippen LogP contribution in [0.5, 0.6) is 0 Å². The average molecular weight is 306 g/mol. The van der Waals surface area contributed by atoms with Gasteiger partial charge in [-0.05, 0) is 12.8 Å². The highest BCUT2D eigenvalue weighted by atomic mass is 16.7. The molecule has 0 aliphatic heterocycles. The van der Waals surface area contributed by atoms with Gasteiger partial charge < -0.3 is 31.2 Å². The first-order valence-corrected chi connectivity index (χ1v) is 6.02. The molecule has 0 fully saturated rings. The Bertz CT molecular complexity index is 362. The van der Waals surface area contributed by atoms with Crippen LogP contribution in [0.1, 0.15) is 25.7 Å². The lowest BCUT2D eigenvalue weighted by Crippen LogP contribution is -2.36. The van der Waals surface area contributed by atoms with Crippen LogP contribution in [0.2, 0.25) is 0 Å². The zero-order valence-electron chi connectivity index (χ0n) is 11.2. The van der Waals surface area contributed by atoms with Gasteiger partial charge in [0.25, 0.3) is 0 Å². The second-order valence-corrected chi connectivity index (χ2v) is 4.12. The van der Waals surface area contributed by atoms with Gasteiger partial charge in [-0.3, -0.25) is 19.2 Å². The normalized spacial score (nSPS) is 13.0. The van der Waals surface area contributed by atoms with Crippen LogP contribution in [0.25, 0.3) is 0 Å². The molecule has 0 aromatic rings. The molecule has 0 heterocycles. The molecule has 10 nitrogen and oxygen atoms in total. The number of aliphatic carboxylic acids is 2. The number of esters is 2. The number of hydrogen-bond acceptors (Lipinski definition) is 8. The number of carboxylic acid groups (broad SMARTS) is 2. The van der Waals surface area contributed by atoms with E-state index in [0.717, 1.165) is 0 Å². The van der Waals surface area contributed by atoms with Crippen molar-refractivity contribution in [1.29, 1.82) is 0 Å². The molecule has 2 unspecified atom stereocenters. The maximum Gasteiger partial charge on any atom is 0.325 e. The molecule has 120 valence electrons. The molecule has 0 aliphatic carbocycles. The third kappa shape index (κ3) is 9.35. The van der Waals surface area contributed by atoms with Gasteiger partial charge >= 0.3 is 23.9 Å². The van der Waals surface area contributed by atoms with Crippen molar-refractivity contribution in [2.24, 2.45) is 11.5 Å². The molecule has 0 saturated heterocycles. The van der Waals surface area contributed by atoms with Crippen molar-refractivity contribution in [2.75, 3.05) is 6.79 Å². The van der Waals surface area contributed by atoms with E-state index in [1.54, 1.807) is 0 Å². The van der Waals surface area contributed by atoms with Crippen LogP contribution in [-0.2, 0) is 28.7 Å². The second kappa shape index (κ2) is 9.66. The summed E-state index contributed by atoms with van der Waals surface area (Å²) in [5.41, 5.74) is 10.7. The molecule has 0 amide bonds. The van der Waals surface area contributed by atoms with Crippen LogP contribution in [0, 0.1) is 0 Å². The molecule has 0 spiro atoms. The number of carbonyl (C=O) groups is 4. The van der Waals surface area contributed by atoms with Gasteiger partial charge in [0.2, 0.25) is 6.79 Å². The van der Waals surface area contributed by atoms with Gasteiger partial charge in [0.15, 0.2) is 0 Å². The summed E-state index contributed by atoms with van der Waals surface area (Å²) in [4.78, 5) is 43.1. The Morgan fingerprint density at radius 3 is 1.43 bits per heavy atom. The number of rotatable bonds is 10. The zero-order chi connectivity index (χ0) is 16.4. The van der Waals surface area contributed by atoms with Gasteiger partial charge in [-0.25, -0.2) is 0 Å². The highest BCUT2D eigenvalue weighted by Crippen LogP contribution is 2.00. The minimum atomic E-state index is -1.14. The summed E-state index contributed by atoms with van der Waals surface area (Å²) >= 11 is 0. The maximum atomic E-state index is 11.3. The molecule has 0 rings (SSSR count). The van der Waals surface area contributed by atoms with E-state index in [1.165, 1.54) is 0 Å². The Balaban J connectivity index is 3.91. The highest BCUT2D eigenvalue weighted by molar-refractivity contribution is 5.78. The Morgan fingerprint density at radius 2 is 1.14 bits per heavy atom. The van der Waals surface area contributed by atoms with Crippen molar-refractivity contribution in [3.05, 3.63) is 0 Å². The molecule has 0 aromatic heterocycles. The number of carbonyl (C=O) groups excluding carboxylic acids is 2. The van der Waals surface area contributed by atoms with Crippen LogP contribution in [-0.4, -0.2) is 53.0 Å². The van der Waals surface area contributed by atoms with E-state index < -0.39 is 42.8 Å². The molecule has 2 atom stereocenters. The molecule has 0 bridgehead atoms. The molecule has 0 saturated carbocycles. The third-order valence-electron chi connectivity index (χ3n) is 2.35. The zero-order valence-corrected chi connectivity index (χ0v) is 11.2. The molecule has 0 aliphatic rings. The minimum absolute atomic E-state index is 0.111. The van der Waals surface area contributed by atoms with Gasteiger partial charge in [0, 0.05) is 12.8 Å². The monoisotopic (exact) mass is 306 g/mol. The lowest BCUT2D eigenvalue weighted by Gasteiger charge is -2.12. The summed E-state index contributed by atoms with van der Waals surface area (Å²) in [5, 5.41) is 16.8. The standard InChI is InChI=1S/C11H18N2O8/c12-6(1-3-8(14)15)10(18)20-5-21-11(19)7(13)2-4-9(16)17/h6-7H,1-5,12-13H2,(H,14,15)(H,16,17). The lowest BCUT2D eigenvalue weighted by molar-refractivity contribution is -0.169. The van der Waals surface area contributed by atoms with Crippen molar-refractivity contribution >= 4 is 23.9 Å². The van der Waals surface area contributed by atoms with Gasteiger partial charge in [0.05, 0.1) is 0 Å². The second-order valence-electron chi connectivity index (χ2n) is 4.12. The van der Waals surface area contributed by atoms with Gasteiger partial charge in [0.1, 0.15) is 12.1 Å². The Kier molecular flexibility index (Phi) is 8.65. The van der Waals surface area contributed by atoms with E-state index in [4.69, 9.17) is 21.7 Å². The number of carboxylic acids is 2. The number of nitrogens with two attached hydrogens (primary N) is 2. The topological polar surface area (TPSA) is 179 Å². The first-order chi connectivity index (χ1) is 9.73. The lowest BCUT2D eigenvalue weighted by atomic mass is 10.2. The first kappa shape index (κ1) is 18.8. The summed E-state index contributed by atoms with van der Waals surface area (Å²) < 4.78 is 9.02. The van der Waals surface area contributed by atoms with Crippen LogP contribution < -0.4 is 11.5 Å². The van der Waals surface area contributed by atoms with Crippen molar-refractivity contribution < 1.29 is 38.9 Å². The van der Waals surface area contributed by atoms with Crippen LogP contribution in [0.4, 0.5) is 0 Å². The van der Waals surface area contributed by atoms with E-state index in [2.05, 4.69) is 9.47 Å².